The molecule has 0 aliphatic carbocycles. The van der Waals surface area contributed by atoms with Crippen LogP contribution in [0.4, 0.5) is 18.9 Å². The summed E-state index contributed by atoms with van der Waals surface area (Å²) in [6, 6.07) is 14.3. The van der Waals surface area contributed by atoms with E-state index in [-0.39, 0.29) is 22.7 Å². The summed E-state index contributed by atoms with van der Waals surface area (Å²) in [5, 5.41) is 3.15. The van der Waals surface area contributed by atoms with Crippen molar-refractivity contribution >= 4 is 17.4 Å². The third-order valence-corrected chi connectivity index (χ3v) is 3.87. The van der Waals surface area contributed by atoms with E-state index in [9.17, 15) is 13.2 Å². The first-order chi connectivity index (χ1) is 9.85. The van der Waals surface area contributed by atoms with Crippen molar-refractivity contribution in [3.63, 3.8) is 0 Å². The van der Waals surface area contributed by atoms with Crippen LogP contribution in [0.3, 0.4) is 0 Å². The molecular weight excluding hydrogens is 295 g/mol. The molecule has 1 atom stereocenters. The van der Waals surface area contributed by atoms with Crippen LogP contribution < -0.4 is 5.32 Å². The van der Waals surface area contributed by atoms with Gasteiger partial charge in [0.15, 0.2) is 0 Å². The number of halogens is 3. The summed E-state index contributed by atoms with van der Waals surface area (Å²) in [6.45, 7) is 3.93. The SMILES string of the molecule is Cc1ccc(C(C)Nc2ccccc2SC(F)(F)F)cc1. The molecule has 0 heterocycles. The molecule has 1 N–H and O–H groups in total. The maximum absolute atomic E-state index is 12.6. The van der Waals surface area contributed by atoms with Gasteiger partial charge in [-0.05, 0) is 43.3 Å². The van der Waals surface area contributed by atoms with Gasteiger partial charge in [-0.25, -0.2) is 0 Å². The van der Waals surface area contributed by atoms with Crippen molar-refractivity contribution in [1.82, 2.24) is 0 Å². The number of anilines is 1. The Balaban J connectivity index is 2.17. The van der Waals surface area contributed by atoms with Gasteiger partial charge in [0.2, 0.25) is 0 Å². The van der Waals surface area contributed by atoms with Crippen LogP contribution in [0.2, 0.25) is 0 Å². The van der Waals surface area contributed by atoms with Crippen molar-refractivity contribution in [2.45, 2.75) is 30.3 Å². The smallest absolute Gasteiger partial charge is 0.378 e. The Labute approximate surface area is 126 Å². The van der Waals surface area contributed by atoms with Gasteiger partial charge in [-0.3, -0.25) is 0 Å². The number of thioether (sulfide) groups is 1. The average Bonchev–Trinajstić information content (AvgIpc) is 2.40. The third kappa shape index (κ3) is 4.70. The molecule has 0 saturated heterocycles. The van der Waals surface area contributed by atoms with Gasteiger partial charge >= 0.3 is 5.51 Å². The Morgan fingerprint density at radius 1 is 1.00 bits per heavy atom. The number of benzene rings is 2. The van der Waals surface area contributed by atoms with Crippen molar-refractivity contribution in [3.8, 4) is 0 Å². The molecule has 21 heavy (non-hydrogen) atoms. The molecule has 0 radical (unpaired) electrons. The molecule has 0 fully saturated rings. The summed E-state index contributed by atoms with van der Waals surface area (Å²) in [6.07, 6.45) is 0. The van der Waals surface area contributed by atoms with Gasteiger partial charge in [-0.2, -0.15) is 13.2 Å². The van der Waals surface area contributed by atoms with Gasteiger partial charge in [0.1, 0.15) is 0 Å². The molecule has 0 spiro atoms. The zero-order chi connectivity index (χ0) is 15.5. The van der Waals surface area contributed by atoms with E-state index >= 15 is 0 Å². The Hall–Kier alpha value is -1.62. The quantitative estimate of drug-likeness (QED) is 0.718. The highest BCUT2D eigenvalue weighted by Crippen LogP contribution is 2.41. The molecular formula is C16H16F3NS. The summed E-state index contributed by atoms with van der Waals surface area (Å²) >= 11 is -0.0955. The number of hydrogen-bond donors (Lipinski definition) is 1. The second kappa shape index (κ2) is 6.43. The predicted octanol–water partition coefficient (Wildman–Crippen LogP) is 5.78. The van der Waals surface area contributed by atoms with Crippen LogP contribution in [0.5, 0.6) is 0 Å². The Morgan fingerprint density at radius 3 is 2.24 bits per heavy atom. The van der Waals surface area contributed by atoms with Crippen LogP contribution in [-0.4, -0.2) is 5.51 Å². The van der Waals surface area contributed by atoms with Crippen molar-refractivity contribution < 1.29 is 13.2 Å². The second-order valence-corrected chi connectivity index (χ2v) is 5.93. The predicted molar refractivity (Wildman–Crippen MR) is 81.6 cm³/mol. The largest absolute Gasteiger partial charge is 0.446 e. The molecule has 0 bridgehead atoms. The number of aryl methyl sites for hydroxylation is 1. The first-order valence-corrected chi connectivity index (χ1v) is 7.35. The highest BCUT2D eigenvalue weighted by atomic mass is 32.2. The van der Waals surface area contributed by atoms with Gasteiger partial charge in [0.25, 0.3) is 0 Å². The van der Waals surface area contributed by atoms with E-state index in [0.29, 0.717) is 5.69 Å². The second-order valence-electron chi connectivity index (χ2n) is 4.82. The van der Waals surface area contributed by atoms with Crippen LogP contribution >= 0.6 is 11.8 Å². The number of rotatable bonds is 4. The summed E-state index contributed by atoms with van der Waals surface area (Å²) in [4.78, 5) is 0.184. The fraction of sp³-hybridized carbons (Fsp3) is 0.250. The summed E-state index contributed by atoms with van der Waals surface area (Å²) < 4.78 is 37.7. The number of para-hydroxylation sites is 1. The fourth-order valence-electron chi connectivity index (χ4n) is 1.97. The maximum atomic E-state index is 12.6. The third-order valence-electron chi connectivity index (χ3n) is 3.06. The summed E-state index contributed by atoms with van der Waals surface area (Å²) in [5.74, 6) is 0. The molecule has 1 nitrogen and oxygen atoms in total. The van der Waals surface area contributed by atoms with Crippen LogP contribution in [0.1, 0.15) is 24.1 Å². The Kier molecular flexibility index (Phi) is 4.83. The monoisotopic (exact) mass is 311 g/mol. The van der Waals surface area contributed by atoms with E-state index in [0.717, 1.165) is 11.1 Å². The molecule has 0 amide bonds. The molecule has 0 aliphatic heterocycles. The van der Waals surface area contributed by atoms with Gasteiger partial charge in [-0.15, -0.1) is 0 Å². The van der Waals surface area contributed by atoms with Gasteiger partial charge in [0, 0.05) is 16.6 Å². The molecule has 2 aromatic carbocycles. The highest BCUT2D eigenvalue weighted by Gasteiger charge is 2.30. The maximum Gasteiger partial charge on any atom is 0.446 e. The van der Waals surface area contributed by atoms with Crippen molar-refractivity contribution in [2.24, 2.45) is 0 Å². The molecule has 2 aromatic rings. The minimum Gasteiger partial charge on any atom is -0.378 e. The minimum absolute atomic E-state index is 0.0689. The summed E-state index contributed by atoms with van der Waals surface area (Å²) in [5.41, 5.74) is -1.61. The number of alkyl halides is 3. The van der Waals surface area contributed by atoms with Crippen LogP contribution in [0.15, 0.2) is 53.4 Å². The zero-order valence-corrected chi connectivity index (χ0v) is 12.6. The molecule has 0 aliphatic rings. The van der Waals surface area contributed by atoms with Crippen molar-refractivity contribution in [2.75, 3.05) is 5.32 Å². The highest BCUT2D eigenvalue weighted by molar-refractivity contribution is 8.00. The lowest BCUT2D eigenvalue weighted by Gasteiger charge is -2.19. The average molecular weight is 311 g/mol. The summed E-state index contributed by atoms with van der Waals surface area (Å²) in [7, 11) is 0. The van der Waals surface area contributed by atoms with Crippen molar-refractivity contribution in [1.29, 1.82) is 0 Å². The Bertz CT molecular complexity index is 593. The zero-order valence-electron chi connectivity index (χ0n) is 11.7. The Morgan fingerprint density at radius 2 is 1.62 bits per heavy atom. The van der Waals surface area contributed by atoms with E-state index in [4.69, 9.17) is 0 Å². The van der Waals surface area contributed by atoms with E-state index in [1.807, 2.05) is 38.1 Å². The lowest BCUT2D eigenvalue weighted by Crippen LogP contribution is -2.08. The lowest BCUT2D eigenvalue weighted by molar-refractivity contribution is -0.0327. The normalized spacial score (nSPS) is 13.0. The lowest BCUT2D eigenvalue weighted by atomic mass is 10.1. The first-order valence-electron chi connectivity index (χ1n) is 6.53. The molecule has 2 rings (SSSR count). The van der Waals surface area contributed by atoms with Crippen LogP contribution in [0, 0.1) is 6.92 Å². The van der Waals surface area contributed by atoms with Crippen molar-refractivity contribution in [3.05, 3.63) is 59.7 Å². The standard InChI is InChI=1S/C16H16F3NS/c1-11-7-9-13(10-8-11)12(2)20-14-5-3-4-6-15(14)21-16(17,18)19/h3-10,12,20H,1-2H3. The van der Waals surface area contributed by atoms with Gasteiger partial charge in [0.05, 0.1) is 0 Å². The van der Waals surface area contributed by atoms with Crippen LogP contribution in [0.25, 0.3) is 0 Å². The number of nitrogens with one attached hydrogen (secondary N) is 1. The molecule has 5 heteroatoms. The number of hydrogen-bond acceptors (Lipinski definition) is 2. The molecule has 1 unspecified atom stereocenters. The van der Waals surface area contributed by atoms with E-state index < -0.39 is 5.51 Å². The van der Waals surface area contributed by atoms with Crippen LogP contribution in [-0.2, 0) is 0 Å². The van der Waals surface area contributed by atoms with E-state index in [1.165, 1.54) is 6.07 Å². The van der Waals surface area contributed by atoms with Gasteiger partial charge in [-0.1, -0.05) is 42.0 Å². The van der Waals surface area contributed by atoms with E-state index in [2.05, 4.69) is 5.32 Å². The van der Waals surface area contributed by atoms with Gasteiger partial charge < -0.3 is 5.32 Å². The molecule has 0 saturated carbocycles. The topological polar surface area (TPSA) is 12.0 Å². The fourth-order valence-corrected chi connectivity index (χ4v) is 2.60. The first kappa shape index (κ1) is 15.8. The molecule has 112 valence electrons. The molecule has 0 aromatic heterocycles. The van der Waals surface area contributed by atoms with E-state index in [1.54, 1.807) is 18.2 Å². The minimum atomic E-state index is -4.29.